The Morgan fingerprint density at radius 1 is 1.17 bits per heavy atom. The Labute approximate surface area is 246 Å². The van der Waals surface area contributed by atoms with Crippen LogP contribution in [0.2, 0.25) is 0 Å². The summed E-state index contributed by atoms with van der Waals surface area (Å²) in [5, 5.41) is 17.5. The lowest BCUT2D eigenvalue weighted by Crippen LogP contribution is -2.41. The fourth-order valence-electron chi connectivity index (χ4n) is 5.16. The van der Waals surface area contributed by atoms with Gasteiger partial charge in [0.25, 0.3) is 0 Å². The number of nitrogens with zero attached hydrogens (tertiary/aromatic N) is 6. The predicted molar refractivity (Wildman–Crippen MR) is 157 cm³/mol. The number of likely N-dealkylation sites (tertiary alicyclic amines) is 1. The molecule has 2 aromatic heterocycles. The molecular formula is C31H39N7O4. The van der Waals surface area contributed by atoms with Crippen molar-refractivity contribution in [1.29, 1.82) is 5.26 Å². The molecule has 42 heavy (non-hydrogen) atoms. The molecule has 1 aromatic carbocycles. The summed E-state index contributed by atoms with van der Waals surface area (Å²) >= 11 is 0. The number of anilines is 2. The number of nitriles is 1. The number of ether oxygens (including phenoxy) is 3. The zero-order valence-electron chi connectivity index (χ0n) is 24.6. The van der Waals surface area contributed by atoms with Crippen molar-refractivity contribution < 1.29 is 19.0 Å². The van der Waals surface area contributed by atoms with Gasteiger partial charge in [0.2, 0.25) is 5.95 Å². The number of hydrogen-bond donors (Lipinski definition) is 1. The van der Waals surface area contributed by atoms with E-state index >= 15 is 0 Å². The Balaban J connectivity index is 1.13. The van der Waals surface area contributed by atoms with Crippen LogP contribution in [0.4, 0.5) is 16.4 Å². The van der Waals surface area contributed by atoms with Crippen molar-refractivity contribution in [2.75, 3.05) is 31.6 Å². The number of rotatable bonds is 8. The van der Waals surface area contributed by atoms with E-state index in [-0.39, 0.29) is 12.2 Å². The largest absolute Gasteiger partial charge is 0.489 e. The minimum atomic E-state index is -0.474. The minimum absolute atomic E-state index is 0.0599. The summed E-state index contributed by atoms with van der Waals surface area (Å²) in [6, 6.07) is 9.63. The maximum atomic E-state index is 12.3. The van der Waals surface area contributed by atoms with Crippen LogP contribution in [0.1, 0.15) is 58.4 Å². The van der Waals surface area contributed by atoms with Gasteiger partial charge < -0.3 is 24.4 Å². The van der Waals surface area contributed by atoms with E-state index in [0.717, 1.165) is 63.0 Å². The number of aromatic nitrogens is 4. The highest BCUT2D eigenvalue weighted by Crippen LogP contribution is 2.28. The normalized spacial score (nSPS) is 16.6. The van der Waals surface area contributed by atoms with E-state index in [0.29, 0.717) is 42.1 Å². The Hall–Kier alpha value is -4.17. The molecular weight excluding hydrogens is 534 g/mol. The van der Waals surface area contributed by atoms with Gasteiger partial charge in [-0.05, 0) is 70.2 Å². The molecule has 2 aliphatic rings. The van der Waals surface area contributed by atoms with Crippen molar-refractivity contribution in [2.45, 2.75) is 71.1 Å². The van der Waals surface area contributed by atoms with Crippen LogP contribution in [-0.4, -0.2) is 68.7 Å². The van der Waals surface area contributed by atoms with Crippen LogP contribution in [0.25, 0.3) is 11.3 Å². The van der Waals surface area contributed by atoms with Crippen molar-refractivity contribution in [3.63, 3.8) is 0 Å². The summed E-state index contributed by atoms with van der Waals surface area (Å²) in [5.74, 6) is 1.57. The molecule has 2 saturated heterocycles. The lowest BCUT2D eigenvalue weighted by atomic mass is 9.94. The molecule has 4 heterocycles. The number of benzene rings is 1. The summed E-state index contributed by atoms with van der Waals surface area (Å²) in [4.78, 5) is 23.2. The van der Waals surface area contributed by atoms with E-state index in [4.69, 9.17) is 14.2 Å². The van der Waals surface area contributed by atoms with Gasteiger partial charge >= 0.3 is 6.09 Å². The Bertz CT molecular complexity index is 1400. The number of amides is 1. The molecule has 0 aliphatic carbocycles. The molecule has 0 bridgehead atoms. The zero-order chi connectivity index (χ0) is 29.5. The van der Waals surface area contributed by atoms with Crippen molar-refractivity contribution >= 4 is 17.7 Å². The van der Waals surface area contributed by atoms with E-state index < -0.39 is 5.60 Å². The predicted octanol–water partition coefficient (Wildman–Crippen LogP) is 5.55. The Kier molecular flexibility index (Phi) is 9.22. The summed E-state index contributed by atoms with van der Waals surface area (Å²) in [6.45, 7) is 9.27. The summed E-state index contributed by atoms with van der Waals surface area (Å²) < 4.78 is 18.9. The molecule has 1 amide bonds. The first-order valence-electron chi connectivity index (χ1n) is 14.6. The molecule has 3 aromatic rings. The molecule has 0 unspecified atom stereocenters. The average Bonchev–Trinajstić information content (AvgIpc) is 3.43. The van der Waals surface area contributed by atoms with Crippen LogP contribution < -0.4 is 10.1 Å². The summed E-state index contributed by atoms with van der Waals surface area (Å²) in [5.41, 5.74) is 2.31. The highest BCUT2D eigenvalue weighted by Gasteiger charge is 2.26. The second kappa shape index (κ2) is 13.2. The first-order chi connectivity index (χ1) is 20.3. The number of carbonyl (C=O) groups excluding carboxylic acids is 1. The summed E-state index contributed by atoms with van der Waals surface area (Å²) in [7, 11) is 0. The van der Waals surface area contributed by atoms with Crippen molar-refractivity contribution in [2.24, 2.45) is 5.92 Å². The highest BCUT2D eigenvalue weighted by atomic mass is 16.6. The Morgan fingerprint density at radius 2 is 1.95 bits per heavy atom. The van der Waals surface area contributed by atoms with Crippen LogP contribution >= 0.6 is 0 Å². The molecule has 11 heteroatoms. The topological polar surface area (TPSA) is 127 Å². The number of aryl methyl sites for hydroxylation is 1. The number of hydrogen-bond acceptors (Lipinski definition) is 9. The molecule has 222 valence electrons. The Morgan fingerprint density at radius 3 is 2.69 bits per heavy atom. The highest BCUT2D eigenvalue weighted by molar-refractivity contribution is 5.68. The number of nitrogens with one attached hydrogen (secondary N) is 1. The van der Waals surface area contributed by atoms with Crippen LogP contribution in [-0.2, 0) is 16.0 Å². The lowest BCUT2D eigenvalue weighted by Gasteiger charge is -2.33. The molecule has 2 aliphatic heterocycles. The van der Waals surface area contributed by atoms with Gasteiger partial charge in [-0.2, -0.15) is 10.4 Å². The quantitative estimate of drug-likeness (QED) is 0.369. The number of piperidine rings is 1. The van der Waals surface area contributed by atoms with E-state index in [2.05, 4.69) is 26.5 Å². The molecule has 0 radical (unpaired) electrons. The van der Waals surface area contributed by atoms with Crippen LogP contribution in [0.15, 0.2) is 42.9 Å². The standard InChI is InChI=1S/C31H39N7O4/c1-31(2,3)42-30(39)37-13-7-22(8-14-37)9-15-38-21-25(20-34-38)35-29-33-12-6-27(36-29)23-4-5-28(24(18-23)19-32)41-26-10-16-40-17-11-26/h4-6,12,18,20-22,26H,7-11,13-17H2,1-3H3,(H,33,35,36). The van der Waals surface area contributed by atoms with E-state index in [1.807, 2.05) is 54.7 Å². The molecule has 1 N–H and O–H groups in total. The van der Waals surface area contributed by atoms with Gasteiger partial charge in [-0.25, -0.2) is 14.8 Å². The van der Waals surface area contributed by atoms with Gasteiger partial charge in [-0.1, -0.05) is 0 Å². The lowest BCUT2D eigenvalue weighted by molar-refractivity contribution is 0.0179. The molecule has 11 nitrogen and oxygen atoms in total. The third kappa shape index (κ3) is 7.97. The van der Waals surface area contributed by atoms with E-state index in [9.17, 15) is 10.1 Å². The first-order valence-corrected chi connectivity index (χ1v) is 14.6. The van der Waals surface area contributed by atoms with Crippen molar-refractivity contribution in [3.8, 4) is 23.1 Å². The van der Waals surface area contributed by atoms with Crippen molar-refractivity contribution in [1.82, 2.24) is 24.6 Å². The first kappa shape index (κ1) is 29.3. The van der Waals surface area contributed by atoms with Gasteiger partial charge in [0.05, 0.1) is 36.4 Å². The zero-order valence-corrected chi connectivity index (χ0v) is 24.6. The van der Waals surface area contributed by atoms with E-state index in [1.54, 1.807) is 18.5 Å². The van der Waals surface area contributed by atoms with Gasteiger partial charge in [0, 0.05) is 50.4 Å². The smallest absolute Gasteiger partial charge is 0.410 e. The fourth-order valence-corrected chi connectivity index (χ4v) is 5.16. The van der Waals surface area contributed by atoms with Crippen LogP contribution in [0, 0.1) is 17.2 Å². The monoisotopic (exact) mass is 573 g/mol. The third-order valence-corrected chi connectivity index (χ3v) is 7.44. The number of carbonyl (C=O) groups is 1. The maximum absolute atomic E-state index is 12.3. The van der Waals surface area contributed by atoms with Gasteiger partial charge in [0.1, 0.15) is 23.5 Å². The van der Waals surface area contributed by atoms with Gasteiger partial charge in [0.15, 0.2) is 0 Å². The van der Waals surface area contributed by atoms with Gasteiger partial charge in [-0.3, -0.25) is 4.68 Å². The van der Waals surface area contributed by atoms with E-state index in [1.165, 1.54) is 0 Å². The second-order valence-corrected chi connectivity index (χ2v) is 11.8. The van der Waals surface area contributed by atoms with Crippen LogP contribution in [0.3, 0.4) is 0 Å². The van der Waals surface area contributed by atoms with Gasteiger partial charge in [-0.15, -0.1) is 0 Å². The summed E-state index contributed by atoms with van der Waals surface area (Å²) in [6.07, 6.45) is 9.78. The SMILES string of the molecule is CC(C)(C)OC(=O)N1CCC(CCn2cc(Nc3nccc(-c4ccc(OC5CCOCC5)c(C#N)c4)n3)cn2)CC1. The van der Waals surface area contributed by atoms with Crippen molar-refractivity contribution in [3.05, 3.63) is 48.4 Å². The molecule has 2 fully saturated rings. The average molecular weight is 574 g/mol. The maximum Gasteiger partial charge on any atom is 0.410 e. The molecule has 5 rings (SSSR count). The molecule has 0 spiro atoms. The molecule has 0 saturated carbocycles. The molecule has 0 atom stereocenters. The third-order valence-electron chi connectivity index (χ3n) is 7.44. The van der Waals surface area contributed by atoms with Crippen LogP contribution in [0.5, 0.6) is 5.75 Å². The fraction of sp³-hybridized carbons (Fsp3) is 0.516. The second-order valence-electron chi connectivity index (χ2n) is 11.8. The minimum Gasteiger partial charge on any atom is -0.489 e.